The van der Waals surface area contributed by atoms with Crippen LogP contribution in [0.2, 0.25) is 5.02 Å². The number of nitrogens with zero attached hydrogens (tertiary/aromatic N) is 1. The second-order valence-corrected chi connectivity index (χ2v) is 5.21. The lowest BCUT2D eigenvalue weighted by molar-refractivity contribution is -0.119. The number of benzene rings is 2. The van der Waals surface area contributed by atoms with Crippen molar-refractivity contribution < 1.29 is 14.3 Å². The van der Waals surface area contributed by atoms with Gasteiger partial charge in [-0.25, -0.2) is 5.43 Å². The average molecular weight is 332 g/mol. The van der Waals surface area contributed by atoms with E-state index in [1.807, 2.05) is 12.1 Å². The van der Waals surface area contributed by atoms with Crippen molar-refractivity contribution in [2.24, 2.45) is 5.10 Å². The normalized spacial score (nSPS) is 12.4. The highest BCUT2D eigenvalue weighted by Gasteiger charge is 2.12. The molecule has 0 saturated carbocycles. The van der Waals surface area contributed by atoms with Gasteiger partial charge >= 0.3 is 0 Å². The SMILES string of the molecule is O=C(CNc1cccc(Cl)c1)NN=Cc1ccc2c(c1)OCO2. The van der Waals surface area contributed by atoms with Crippen LogP contribution in [0.5, 0.6) is 11.5 Å². The molecule has 0 unspecified atom stereocenters. The molecule has 0 fully saturated rings. The van der Waals surface area contributed by atoms with Crippen molar-refractivity contribution in [2.45, 2.75) is 0 Å². The zero-order chi connectivity index (χ0) is 16.1. The highest BCUT2D eigenvalue weighted by atomic mass is 35.5. The fraction of sp³-hybridized carbons (Fsp3) is 0.125. The van der Waals surface area contributed by atoms with Gasteiger partial charge in [-0.3, -0.25) is 4.79 Å². The van der Waals surface area contributed by atoms with Crippen LogP contribution >= 0.6 is 11.6 Å². The fourth-order valence-electron chi connectivity index (χ4n) is 1.99. The molecule has 6 nitrogen and oxygen atoms in total. The molecule has 0 saturated heterocycles. The summed E-state index contributed by atoms with van der Waals surface area (Å²) in [5, 5.41) is 7.48. The van der Waals surface area contributed by atoms with Gasteiger partial charge in [0.05, 0.1) is 12.8 Å². The number of halogens is 1. The Morgan fingerprint density at radius 3 is 2.96 bits per heavy atom. The summed E-state index contributed by atoms with van der Waals surface area (Å²) in [4.78, 5) is 11.7. The molecule has 2 N–H and O–H groups in total. The summed E-state index contributed by atoms with van der Waals surface area (Å²) in [6, 6.07) is 12.6. The van der Waals surface area contributed by atoms with Gasteiger partial charge in [-0.05, 0) is 42.0 Å². The highest BCUT2D eigenvalue weighted by molar-refractivity contribution is 6.30. The maximum atomic E-state index is 11.7. The molecule has 2 aromatic carbocycles. The second kappa shape index (κ2) is 7.02. The Bertz CT molecular complexity index is 749. The Morgan fingerprint density at radius 1 is 1.22 bits per heavy atom. The van der Waals surface area contributed by atoms with E-state index >= 15 is 0 Å². The van der Waals surface area contributed by atoms with Crippen LogP contribution in [0.15, 0.2) is 47.6 Å². The number of ether oxygens (including phenoxy) is 2. The number of nitrogens with one attached hydrogen (secondary N) is 2. The first-order valence-corrected chi connectivity index (χ1v) is 7.29. The molecule has 1 aliphatic heterocycles. The lowest BCUT2D eigenvalue weighted by Crippen LogP contribution is -2.25. The number of hydrogen-bond acceptors (Lipinski definition) is 5. The fourth-order valence-corrected chi connectivity index (χ4v) is 2.18. The van der Waals surface area contributed by atoms with Gasteiger partial charge in [0.15, 0.2) is 11.5 Å². The zero-order valence-electron chi connectivity index (χ0n) is 12.1. The number of rotatable bonds is 5. The molecule has 0 atom stereocenters. The number of carbonyl (C=O) groups excluding carboxylic acids is 1. The van der Waals surface area contributed by atoms with Crippen molar-refractivity contribution in [3.63, 3.8) is 0 Å². The van der Waals surface area contributed by atoms with Crippen LogP contribution < -0.4 is 20.2 Å². The van der Waals surface area contributed by atoms with Gasteiger partial charge in [0, 0.05) is 10.7 Å². The summed E-state index contributed by atoms with van der Waals surface area (Å²) in [6.07, 6.45) is 1.54. The molecule has 0 aliphatic carbocycles. The van der Waals surface area contributed by atoms with Gasteiger partial charge < -0.3 is 14.8 Å². The summed E-state index contributed by atoms with van der Waals surface area (Å²) >= 11 is 5.87. The third kappa shape index (κ3) is 4.14. The molecule has 0 spiro atoms. The van der Waals surface area contributed by atoms with Crippen LogP contribution in [-0.2, 0) is 4.79 Å². The standard InChI is InChI=1S/C16H14ClN3O3/c17-12-2-1-3-13(7-12)18-9-16(21)20-19-8-11-4-5-14-15(6-11)23-10-22-14/h1-8,18H,9-10H2,(H,20,21). The Hall–Kier alpha value is -2.73. The highest BCUT2D eigenvalue weighted by Crippen LogP contribution is 2.31. The molecule has 118 valence electrons. The van der Waals surface area contributed by atoms with E-state index in [0.717, 1.165) is 11.3 Å². The number of amides is 1. The van der Waals surface area contributed by atoms with Gasteiger partial charge in [-0.2, -0.15) is 5.10 Å². The minimum Gasteiger partial charge on any atom is -0.454 e. The van der Waals surface area contributed by atoms with Crippen molar-refractivity contribution in [3.8, 4) is 11.5 Å². The van der Waals surface area contributed by atoms with Crippen molar-refractivity contribution in [1.82, 2.24) is 5.43 Å². The summed E-state index contributed by atoms with van der Waals surface area (Å²) in [5.74, 6) is 1.11. The molecular formula is C16H14ClN3O3. The molecule has 1 heterocycles. The van der Waals surface area contributed by atoms with Crippen molar-refractivity contribution >= 4 is 29.4 Å². The Kier molecular flexibility index (Phi) is 4.63. The van der Waals surface area contributed by atoms with E-state index in [-0.39, 0.29) is 19.2 Å². The predicted octanol–water partition coefficient (Wildman–Crippen LogP) is 2.63. The van der Waals surface area contributed by atoms with Crippen molar-refractivity contribution in [2.75, 3.05) is 18.7 Å². The number of hydrazone groups is 1. The second-order valence-electron chi connectivity index (χ2n) is 4.77. The maximum absolute atomic E-state index is 11.7. The van der Waals surface area contributed by atoms with Crippen LogP contribution in [0.25, 0.3) is 0 Å². The molecule has 3 rings (SSSR count). The monoisotopic (exact) mass is 331 g/mol. The molecule has 0 aromatic heterocycles. The van der Waals surface area contributed by atoms with Gasteiger partial charge in [0.2, 0.25) is 6.79 Å². The summed E-state index contributed by atoms with van der Waals surface area (Å²) < 4.78 is 10.5. The van der Waals surface area contributed by atoms with E-state index in [1.165, 1.54) is 0 Å². The third-order valence-corrected chi connectivity index (χ3v) is 3.31. The molecule has 23 heavy (non-hydrogen) atoms. The number of anilines is 1. The third-order valence-electron chi connectivity index (χ3n) is 3.08. The molecule has 0 radical (unpaired) electrons. The van der Waals surface area contributed by atoms with E-state index in [1.54, 1.807) is 36.5 Å². The first kappa shape index (κ1) is 15.2. The number of hydrogen-bond donors (Lipinski definition) is 2. The van der Waals surface area contributed by atoms with Crippen LogP contribution in [0.3, 0.4) is 0 Å². The van der Waals surface area contributed by atoms with E-state index in [0.29, 0.717) is 16.5 Å². The Morgan fingerprint density at radius 2 is 2.09 bits per heavy atom. The molecule has 7 heteroatoms. The summed E-state index contributed by atoms with van der Waals surface area (Å²) in [6.45, 7) is 0.320. The van der Waals surface area contributed by atoms with E-state index in [2.05, 4.69) is 15.8 Å². The Labute approximate surface area is 138 Å². The largest absolute Gasteiger partial charge is 0.454 e. The maximum Gasteiger partial charge on any atom is 0.259 e. The van der Waals surface area contributed by atoms with Crippen LogP contribution in [-0.4, -0.2) is 25.5 Å². The van der Waals surface area contributed by atoms with Crippen molar-refractivity contribution in [1.29, 1.82) is 0 Å². The number of carbonyl (C=O) groups is 1. The summed E-state index contributed by atoms with van der Waals surface area (Å²) in [5.41, 5.74) is 4.02. The van der Waals surface area contributed by atoms with Crippen LogP contribution in [0.1, 0.15) is 5.56 Å². The molecule has 0 bridgehead atoms. The molecular weight excluding hydrogens is 318 g/mol. The predicted molar refractivity (Wildman–Crippen MR) is 88.2 cm³/mol. The minimum atomic E-state index is -0.262. The Balaban J connectivity index is 1.48. The van der Waals surface area contributed by atoms with Crippen LogP contribution in [0, 0.1) is 0 Å². The first-order valence-electron chi connectivity index (χ1n) is 6.92. The van der Waals surface area contributed by atoms with E-state index in [9.17, 15) is 4.79 Å². The van der Waals surface area contributed by atoms with E-state index in [4.69, 9.17) is 21.1 Å². The number of fused-ring (bicyclic) bond motifs is 1. The van der Waals surface area contributed by atoms with Crippen molar-refractivity contribution in [3.05, 3.63) is 53.1 Å². The average Bonchev–Trinajstić information content (AvgIpc) is 3.01. The lowest BCUT2D eigenvalue weighted by Gasteiger charge is -2.05. The van der Waals surface area contributed by atoms with E-state index < -0.39 is 0 Å². The minimum absolute atomic E-state index is 0.0961. The quantitative estimate of drug-likeness (QED) is 0.652. The first-order chi connectivity index (χ1) is 11.2. The van der Waals surface area contributed by atoms with Gasteiger partial charge in [0.25, 0.3) is 5.91 Å². The van der Waals surface area contributed by atoms with Gasteiger partial charge in [0.1, 0.15) is 0 Å². The zero-order valence-corrected chi connectivity index (χ0v) is 12.8. The molecule has 1 aliphatic rings. The van der Waals surface area contributed by atoms with Crippen LogP contribution in [0.4, 0.5) is 5.69 Å². The topological polar surface area (TPSA) is 72.0 Å². The lowest BCUT2D eigenvalue weighted by atomic mass is 10.2. The summed E-state index contributed by atoms with van der Waals surface area (Å²) in [7, 11) is 0. The van der Waals surface area contributed by atoms with Gasteiger partial charge in [-0.1, -0.05) is 17.7 Å². The molecule has 1 amide bonds. The molecule has 2 aromatic rings. The van der Waals surface area contributed by atoms with Gasteiger partial charge in [-0.15, -0.1) is 0 Å². The smallest absolute Gasteiger partial charge is 0.259 e.